The van der Waals surface area contributed by atoms with Crippen molar-refractivity contribution in [1.82, 2.24) is 9.66 Å². The van der Waals surface area contributed by atoms with E-state index >= 15 is 0 Å². The molecule has 0 spiro atoms. The molecule has 0 radical (unpaired) electrons. The van der Waals surface area contributed by atoms with E-state index in [0.29, 0.717) is 45.9 Å². The van der Waals surface area contributed by atoms with Gasteiger partial charge in [-0.15, -0.1) is 0 Å². The van der Waals surface area contributed by atoms with Gasteiger partial charge in [0, 0.05) is 16.6 Å². The molecule has 1 N–H and O–H groups in total. The first-order valence-corrected chi connectivity index (χ1v) is 12.2. The van der Waals surface area contributed by atoms with Crippen molar-refractivity contribution < 1.29 is 14.3 Å². The zero-order valence-electron chi connectivity index (χ0n) is 19.9. The largest absolute Gasteiger partial charge is 0.493 e. The molecule has 0 saturated heterocycles. The monoisotopic (exact) mass is 548 g/mol. The average molecular weight is 549 g/mol. The molecule has 184 valence electrons. The Bertz CT molecular complexity index is 1470. The summed E-state index contributed by atoms with van der Waals surface area (Å²) in [4.78, 5) is 30.0. The number of amides is 1. The summed E-state index contributed by atoms with van der Waals surface area (Å²) in [6, 6.07) is 19.8. The van der Waals surface area contributed by atoms with E-state index < -0.39 is 0 Å². The molecule has 4 rings (SSSR count). The van der Waals surface area contributed by atoms with E-state index in [0.717, 1.165) is 10.9 Å². The Morgan fingerprint density at radius 3 is 2.67 bits per heavy atom. The van der Waals surface area contributed by atoms with Gasteiger partial charge in [-0.05, 0) is 60.5 Å². The third kappa shape index (κ3) is 5.98. The van der Waals surface area contributed by atoms with Gasteiger partial charge in [-0.3, -0.25) is 9.59 Å². The second-order valence-corrected chi connectivity index (χ2v) is 8.83. The minimum atomic E-state index is -0.285. The van der Waals surface area contributed by atoms with Gasteiger partial charge < -0.3 is 14.8 Å². The number of anilines is 1. The maximum Gasteiger partial charge on any atom is 0.282 e. The van der Waals surface area contributed by atoms with Gasteiger partial charge in [0.1, 0.15) is 5.82 Å². The smallest absolute Gasteiger partial charge is 0.282 e. The third-order valence-corrected chi connectivity index (χ3v) is 5.77. The molecular formula is C27H25BrN4O4. The Hall–Kier alpha value is -3.98. The van der Waals surface area contributed by atoms with Gasteiger partial charge in [-0.1, -0.05) is 41.1 Å². The van der Waals surface area contributed by atoms with E-state index in [2.05, 4.69) is 31.3 Å². The van der Waals surface area contributed by atoms with Crippen molar-refractivity contribution in [2.75, 3.05) is 19.0 Å². The van der Waals surface area contributed by atoms with E-state index in [1.54, 1.807) is 42.6 Å². The lowest BCUT2D eigenvalue weighted by molar-refractivity contribution is -0.118. The molecule has 0 bridgehead atoms. The fourth-order valence-electron chi connectivity index (χ4n) is 3.57. The van der Waals surface area contributed by atoms with E-state index in [1.165, 1.54) is 11.8 Å². The summed E-state index contributed by atoms with van der Waals surface area (Å²) < 4.78 is 13.2. The van der Waals surface area contributed by atoms with E-state index in [4.69, 9.17) is 9.47 Å². The van der Waals surface area contributed by atoms with Crippen LogP contribution in [-0.4, -0.2) is 35.5 Å². The second-order valence-electron chi connectivity index (χ2n) is 7.91. The molecule has 1 amide bonds. The van der Waals surface area contributed by atoms with Gasteiger partial charge in [-0.25, -0.2) is 4.98 Å². The molecule has 0 atom stereocenters. The van der Waals surface area contributed by atoms with Crippen LogP contribution in [-0.2, 0) is 11.2 Å². The van der Waals surface area contributed by atoms with E-state index in [9.17, 15) is 9.59 Å². The number of aromatic nitrogens is 2. The fraction of sp³-hybridized carbons (Fsp3) is 0.185. The van der Waals surface area contributed by atoms with Crippen LogP contribution in [0.15, 0.2) is 81.1 Å². The number of aryl methyl sites for hydroxylation is 1. The third-order valence-electron chi connectivity index (χ3n) is 5.28. The van der Waals surface area contributed by atoms with Crippen LogP contribution < -0.4 is 20.3 Å². The van der Waals surface area contributed by atoms with Crippen LogP contribution in [0.25, 0.3) is 10.9 Å². The predicted octanol–water partition coefficient (Wildman–Crippen LogP) is 5.02. The normalized spacial score (nSPS) is 11.1. The van der Waals surface area contributed by atoms with Crippen molar-refractivity contribution in [2.45, 2.75) is 19.8 Å². The molecule has 36 heavy (non-hydrogen) atoms. The Morgan fingerprint density at radius 1 is 1.11 bits per heavy atom. The molecule has 0 aliphatic carbocycles. The SMILES string of the molecule is CCCc1nc2ccc(Br)cc2c(=O)n1N=Cc1ccc(OCC(=O)Nc2ccccc2)c(OC)c1. The number of hydrogen-bond donors (Lipinski definition) is 1. The highest BCUT2D eigenvalue weighted by Crippen LogP contribution is 2.27. The fourth-order valence-corrected chi connectivity index (χ4v) is 3.93. The number of benzene rings is 3. The first kappa shape index (κ1) is 25.1. The summed E-state index contributed by atoms with van der Waals surface area (Å²) in [6.07, 6.45) is 3.00. The molecule has 9 heteroatoms. The van der Waals surface area contributed by atoms with Crippen molar-refractivity contribution in [3.05, 3.63) is 92.9 Å². The number of nitrogens with zero attached hydrogens (tertiary/aromatic N) is 3. The Morgan fingerprint density at radius 2 is 1.92 bits per heavy atom. The quantitative estimate of drug-likeness (QED) is 0.296. The highest BCUT2D eigenvalue weighted by Gasteiger charge is 2.12. The standard InChI is InChI=1S/C27H25BrN4O4/c1-3-7-25-31-22-12-11-19(28)15-21(22)27(34)32(25)29-16-18-10-13-23(24(14-18)35-2)36-17-26(33)30-20-8-5-4-6-9-20/h4-6,8-16H,3,7,17H2,1-2H3,(H,30,33). The lowest BCUT2D eigenvalue weighted by Gasteiger charge is -2.12. The van der Waals surface area contributed by atoms with Gasteiger partial charge in [0.05, 0.1) is 24.2 Å². The number of hydrogen-bond acceptors (Lipinski definition) is 6. The first-order valence-electron chi connectivity index (χ1n) is 11.4. The number of halogens is 1. The molecule has 4 aromatic rings. The number of nitrogens with one attached hydrogen (secondary N) is 1. The summed E-state index contributed by atoms with van der Waals surface area (Å²) in [5, 5.41) is 7.69. The van der Waals surface area contributed by atoms with Crippen LogP contribution in [0.4, 0.5) is 5.69 Å². The summed E-state index contributed by atoms with van der Waals surface area (Å²) in [5.41, 5.74) is 1.78. The highest BCUT2D eigenvalue weighted by atomic mass is 79.9. The molecule has 3 aromatic carbocycles. The summed E-state index contributed by atoms with van der Waals surface area (Å²) >= 11 is 3.41. The van der Waals surface area contributed by atoms with Gasteiger partial charge in [0.25, 0.3) is 11.5 Å². The molecule has 0 aliphatic heterocycles. The second kappa shape index (κ2) is 11.6. The van der Waals surface area contributed by atoms with Gasteiger partial charge >= 0.3 is 0 Å². The molecule has 1 heterocycles. The van der Waals surface area contributed by atoms with Crippen molar-refractivity contribution in [3.63, 3.8) is 0 Å². The van der Waals surface area contributed by atoms with Crippen LogP contribution in [0, 0.1) is 0 Å². The van der Waals surface area contributed by atoms with Crippen LogP contribution in [0.3, 0.4) is 0 Å². The van der Waals surface area contributed by atoms with E-state index in [1.807, 2.05) is 37.3 Å². The van der Waals surface area contributed by atoms with Crippen molar-refractivity contribution in [2.24, 2.45) is 5.10 Å². The number of methoxy groups -OCH3 is 1. The number of ether oxygens (including phenoxy) is 2. The lowest BCUT2D eigenvalue weighted by Crippen LogP contribution is -2.22. The predicted molar refractivity (Wildman–Crippen MR) is 144 cm³/mol. The maximum absolute atomic E-state index is 13.2. The first-order chi connectivity index (χ1) is 17.5. The Balaban J connectivity index is 1.54. The van der Waals surface area contributed by atoms with Gasteiger partial charge in [0.15, 0.2) is 18.1 Å². The summed E-state index contributed by atoms with van der Waals surface area (Å²) in [7, 11) is 1.52. The van der Waals surface area contributed by atoms with E-state index in [-0.39, 0.29) is 18.1 Å². The number of carbonyl (C=O) groups excluding carboxylic acids is 1. The minimum Gasteiger partial charge on any atom is -0.493 e. The highest BCUT2D eigenvalue weighted by molar-refractivity contribution is 9.10. The van der Waals surface area contributed by atoms with Gasteiger partial charge in [0.2, 0.25) is 0 Å². The van der Waals surface area contributed by atoms with Gasteiger partial charge in [-0.2, -0.15) is 9.78 Å². The van der Waals surface area contributed by atoms with Crippen LogP contribution in [0.1, 0.15) is 24.7 Å². The zero-order valence-corrected chi connectivity index (χ0v) is 21.5. The number of carbonyl (C=O) groups is 1. The van der Waals surface area contributed by atoms with Crippen LogP contribution in [0.5, 0.6) is 11.5 Å². The summed E-state index contributed by atoms with van der Waals surface area (Å²) in [6.45, 7) is 1.85. The van der Waals surface area contributed by atoms with Crippen LogP contribution >= 0.6 is 15.9 Å². The molecule has 0 unspecified atom stereocenters. The molecule has 8 nitrogen and oxygen atoms in total. The van der Waals surface area contributed by atoms with Crippen molar-refractivity contribution >= 4 is 44.6 Å². The number of rotatable bonds is 9. The topological polar surface area (TPSA) is 94.8 Å². The molecular weight excluding hydrogens is 524 g/mol. The van der Waals surface area contributed by atoms with Crippen molar-refractivity contribution in [3.8, 4) is 11.5 Å². The Labute approximate surface area is 216 Å². The van der Waals surface area contributed by atoms with Crippen molar-refractivity contribution in [1.29, 1.82) is 0 Å². The average Bonchev–Trinajstić information content (AvgIpc) is 2.88. The molecule has 0 aliphatic rings. The molecule has 0 saturated carbocycles. The lowest BCUT2D eigenvalue weighted by atomic mass is 10.2. The molecule has 1 aromatic heterocycles. The zero-order chi connectivity index (χ0) is 25.5. The number of para-hydroxylation sites is 1. The Kier molecular flexibility index (Phi) is 8.12. The number of fused-ring (bicyclic) bond motifs is 1. The maximum atomic E-state index is 13.2. The minimum absolute atomic E-state index is 0.174. The molecule has 0 fully saturated rings. The van der Waals surface area contributed by atoms with Crippen LogP contribution in [0.2, 0.25) is 0 Å². The summed E-state index contributed by atoms with van der Waals surface area (Å²) in [5.74, 6) is 1.16.